The lowest BCUT2D eigenvalue weighted by molar-refractivity contribution is -0.150. The van der Waals surface area contributed by atoms with Crippen LogP contribution in [0.2, 0.25) is 0 Å². The van der Waals surface area contributed by atoms with Crippen LogP contribution >= 0.6 is 0 Å². The van der Waals surface area contributed by atoms with Gasteiger partial charge in [0.25, 0.3) is 0 Å². The minimum absolute atomic E-state index is 0.160. The zero-order chi connectivity index (χ0) is 18.5. The van der Waals surface area contributed by atoms with Crippen molar-refractivity contribution in [3.05, 3.63) is 24.3 Å². The first kappa shape index (κ1) is 21.6. The number of unbranched alkanes of at least 4 members (excludes halogenated alkanes) is 3. The number of allylic oxidation sites excluding steroid dienone is 4. The van der Waals surface area contributed by atoms with Gasteiger partial charge in [-0.15, -0.1) is 0 Å². The van der Waals surface area contributed by atoms with Crippen molar-refractivity contribution in [2.45, 2.75) is 77.2 Å². The molecular formula is C21H34O4. The Kier molecular flexibility index (Phi) is 11.1. The van der Waals surface area contributed by atoms with Crippen LogP contribution in [0.1, 0.15) is 71.1 Å². The molecule has 3 atom stereocenters. The smallest absolute Gasteiger partial charge is 0.334 e. The third kappa shape index (κ3) is 8.48. The molecule has 1 aliphatic rings. The number of aliphatic hydroxyl groups is 1. The van der Waals surface area contributed by atoms with Gasteiger partial charge in [0, 0.05) is 12.3 Å². The summed E-state index contributed by atoms with van der Waals surface area (Å²) in [6, 6.07) is 0. The second-order valence-corrected chi connectivity index (χ2v) is 6.84. The number of ketones is 1. The molecule has 0 spiro atoms. The van der Waals surface area contributed by atoms with Gasteiger partial charge < -0.3 is 9.84 Å². The Hall–Kier alpha value is -1.42. The number of carbonyl (C=O) groups excluding carboxylic acids is 2. The normalized spacial score (nSPS) is 22.1. The van der Waals surface area contributed by atoms with Crippen molar-refractivity contribution in [2.24, 2.45) is 11.8 Å². The first-order valence-electron chi connectivity index (χ1n) is 9.70. The molecule has 1 saturated carbocycles. The minimum Gasteiger partial charge on any atom is -0.467 e. The van der Waals surface area contributed by atoms with Crippen molar-refractivity contribution < 1.29 is 19.4 Å². The maximum absolute atomic E-state index is 12.1. The highest BCUT2D eigenvalue weighted by molar-refractivity contribution is 5.83. The van der Waals surface area contributed by atoms with E-state index in [0.29, 0.717) is 24.5 Å². The van der Waals surface area contributed by atoms with Crippen LogP contribution in [0.25, 0.3) is 0 Å². The zero-order valence-corrected chi connectivity index (χ0v) is 15.8. The molecule has 1 fully saturated rings. The van der Waals surface area contributed by atoms with E-state index >= 15 is 0 Å². The highest BCUT2D eigenvalue weighted by Gasteiger charge is 2.32. The minimum atomic E-state index is -1.02. The van der Waals surface area contributed by atoms with Crippen LogP contribution in [-0.2, 0) is 14.3 Å². The van der Waals surface area contributed by atoms with Gasteiger partial charge in [0.05, 0.1) is 7.11 Å². The third-order valence-corrected chi connectivity index (χ3v) is 4.91. The molecule has 0 aromatic heterocycles. The molecule has 1 unspecified atom stereocenters. The van der Waals surface area contributed by atoms with Gasteiger partial charge in [-0.1, -0.05) is 50.5 Å². The molecular weight excluding hydrogens is 316 g/mol. The first-order valence-corrected chi connectivity index (χ1v) is 9.70. The van der Waals surface area contributed by atoms with E-state index < -0.39 is 12.1 Å². The number of carbonyl (C=O) groups is 2. The summed E-state index contributed by atoms with van der Waals surface area (Å²) < 4.78 is 4.50. The Labute approximate surface area is 152 Å². The van der Waals surface area contributed by atoms with Crippen LogP contribution in [0.3, 0.4) is 0 Å². The molecule has 4 nitrogen and oxygen atoms in total. The summed E-state index contributed by atoms with van der Waals surface area (Å²) in [5.41, 5.74) is 0. The van der Waals surface area contributed by atoms with Crippen LogP contribution in [0, 0.1) is 11.8 Å². The van der Waals surface area contributed by atoms with Gasteiger partial charge in [0.1, 0.15) is 5.78 Å². The molecule has 0 aromatic carbocycles. The lowest BCUT2D eigenvalue weighted by Crippen LogP contribution is -2.21. The van der Waals surface area contributed by atoms with Crippen LogP contribution in [-0.4, -0.2) is 30.1 Å². The van der Waals surface area contributed by atoms with Gasteiger partial charge in [0.2, 0.25) is 0 Å². The Morgan fingerprint density at radius 2 is 2.00 bits per heavy atom. The van der Waals surface area contributed by atoms with E-state index in [0.717, 1.165) is 51.4 Å². The molecule has 1 N–H and O–H groups in total. The van der Waals surface area contributed by atoms with Crippen molar-refractivity contribution in [1.82, 2.24) is 0 Å². The van der Waals surface area contributed by atoms with E-state index in [1.807, 2.05) is 0 Å². The zero-order valence-electron chi connectivity index (χ0n) is 15.8. The van der Waals surface area contributed by atoms with Gasteiger partial charge in [-0.2, -0.15) is 0 Å². The average molecular weight is 350 g/mol. The van der Waals surface area contributed by atoms with E-state index in [-0.39, 0.29) is 5.92 Å². The summed E-state index contributed by atoms with van der Waals surface area (Å²) in [6.45, 7) is 2.14. The molecule has 0 bridgehead atoms. The van der Waals surface area contributed by atoms with E-state index in [4.69, 9.17) is 0 Å². The summed E-state index contributed by atoms with van der Waals surface area (Å²) >= 11 is 0. The predicted molar refractivity (Wildman–Crippen MR) is 100 cm³/mol. The van der Waals surface area contributed by atoms with E-state index in [2.05, 4.69) is 36.0 Å². The number of methoxy groups -OCH3 is 1. The number of esters is 1. The van der Waals surface area contributed by atoms with Crippen molar-refractivity contribution in [3.63, 3.8) is 0 Å². The number of rotatable bonds is 12. The maximum Gasteiger partial charge on any atom is 0.334 e. The molecule has 0 aromatic rings. The lowest BCUT2D eigenvalue weighted by atomic mass is 9.89. The monoisotopic (exact) mass is 350 g/mol. The molecule has 1 rings (SSSR count). The summed E-state index contributed by atoms with van der Waals surface area (Å²) in [5.74, 6) is 0.386. The standard InChI is InChI=1S/C21H34O4/c1-3-4-5-6-7-9-12-17-15-16-19(22)18(17)13-10-8-11-14-20(23)21(24)25-2/h4-5,9,12,17-18,20,23H,3,6-8,10-11,13-16H2,1-2H3/t17-,18+,20?/m0/s1. The number of hydrogen-bond donors (Lipinski definition) is 1. The molecule has 1 aliphatic carbocycles. The molecule has 142 valence electrons. The molecule has 0 aliphatic heterocycles. The molecule has 0 saturated heterocycles. The van der Waals surface area contributed by atoms with Crippen molar-refractivity contribution >= 4 is 11.8 Å². The van der Waals surface area contributed by atoms with Gasteiger partial charge in [0.15, 0.2) is 6.10 Å². The fourth-order valence-electron chi connectivity index (χ4n) is 3.42. The molecule has 0 radical (unpaired) electrons. The summed E-state index contributed by atoms with van der Waals surface area (Å²) in [6.07, 6.45) is 16.7. The quantitative estimate of drug-likeness (QED) is 0.322. The molecule has 4 heteroatoms. The Morgan fingerprint density at radius 1 is 1.24 bits per heavy atom. The number of Topliss-reactive ketones (excluding diaryl/α,β-unsaturated/α-hetero) is 1. The fraction of sp³-hybridized carbons (Fsp3) is 0.714. The first-order chi connectivity index (χ1) is 12.1. The van der Waals surface area contributed by atoms with Crippen LogP contribution in [0.4, 0.5) is 0 Å². The summed E-state index contributed by atoms with van der Waals surface area (Å²) in [4.78, 5) is 23.2. The van der Waals surface area contributed by atoms with Crippen molar-refractivity contribution in [2.75, 3.05) is 7.11 Å². The van der Waals surface area contributed by atoms with E-state index in [1.165, 1.54) is 7.11 Å². The fourth-order valence-corrected chi connectivity index (χ4v) is 3.42. The lowest BCUT2D eigenvalue weighted by Gasteiger charge is -2.15. The van der Waals surface area contributed by atoms with Crippen molar-refractivity contribution in [3.8, 4) is 0 Å². The predicted octanol–water partition coefficient (Wildman–Crippen LogP) is 4.37. The highest BCUT2D eigenvalue weighted by Crippen LogP contribution is 2.34. The second-order valence-electron chi connectivity index (χ2n) is 6.84. The number of hydrogen-bond acceptors (Lipinski definition) is 4. The maximum atomic E-state index is 12.1. The topological polar surface area (TPSA) is 63.6 Å². The van der Waals surface area contributed by atoms with Crippen LogP contribution in [0.5, 0.6) is 0 Å². The highest BCUT2D eigenvalue weighted by atomic mass is 16.5. The number of aliphatic hydroxyl groups excluding tert-OH is 1. The van der Waals surface area contributed by atoms with Gasteiger partial charge in [-0.05, 0) is 44.4 Å². The molecule has 25 heavy (non-hydrogen) atoms. The third-order valence-electron chi connectivity index (χ3n) is 4.91. The van der Waals surface area contributed by atoms with Crippen LogP contribution < -0.4 is 0 Å². The average Bonchev–Trinajstić information content (AvgIpc) is 2.96. The van der Waals surface area contributed by atoms with Gasteiger partial charge in [-0.3, -0.25) is 4.79 Å². The van der Waals surface area contributed by atoms with Crippen LogP contribution in [0.15, 0.2) is 24.3 Å². The molecule has 0 amide bonds. The van der Waals surface area contributed by atoms with Gasteiger partial charge >= 0.3 is 5.97 Å². The second kappa shape index (κ2) is 12.9. The van der Waals surface area contributed by atoms with E-state index in [1.54, 1.807) is 0 Å². The van der Waals surface area contributed by atoms with Gasteiger partial charge in [-0.25, -0.2) is 4.79 Å². The number of ether oxygens (including phenoxy) is 1. The van der Waals surface area contributed by atoms with Crippen molar-refractivity contribution in [1.29, 1.82) is 0 Å². The summed E-state index contributed by atoms with van der Waals surface area (Å²) in [7, 11) is 1.28. The van der Waals surface area contributed by atoms with E-state index in [9.17, 15) is 14.7 Å². The Balaban J connectivity index is 2.25. The Morgan fingerprint density at radius 3 is 2.72 bits per heavy atom. The Bertz CT molecular complexity index is 453. The molecule has 0 heterocycles. The summed E-state index contributed by atoms with van der Waals surface area (Å²) in [5, 5.41) is 9.54. The largest absolute Gasteiger partial charge is 0.467 e. The SMILES string of the molecule is CCC=CCCC=C[C@H]1CCC(=O)[C@@H]1CCCCCC(O)C(=O)OC.